The van der Waals surface area contributed by atoms with E-state index in [2.05, 4.69) is 10.3 Å². The zero-order valence-corrected chi connectivity index (χ0v) is 10.1. The normalized spacial score (nSPS) is 12.4. The van der Waals surface area contributed by atoms with E-state index in [0.29, 0.717) is 5.02 Å². The van der Waals surface area contributed by atoms with Crippen LogP contribution in [0.15, 0.2) is 42.7 Å². The van der Waals surface area contributed by atoms with E-state index in [4.69, 9.17) is 11.6 Å². The maximum Gasteiger partial charge on any atom is 0.141 e. The molecule has 0 spiro atoms. The van der Waals surface area contributed by atoms with E-state index in [1.54, 1.807) is 6.20 Å². The predicted molar refractivity (Wildman–Crippen MR) is 66.5 cm³/mol. The lowest BCUT2D eigenvalue weighted by molar-refractivity contribution is 0.608. The van der Waals surface area contributed by atoms with Crippen LogP contribution in [0.1, 0.15) is 17.2 Å². The Hall–Kier alpha value is -1.45. The van der Waals surface area contributed by atoms with Crippen molar-refractivity contribution in [3.05, 3.63) is 64.7 Å². The highest BCUT2D eigenvalue weighted by Gasteiger charge is 2.12. The molecule has 17 heavy (non-hydrogen) atoms. The van der Waals surface area contributed by atoms with Crippen LogP contribution in [0.4, 0.5) is 4.39 Å². The van der Waals surface area contributed by atoms with E-state index >= 15 is 0 Å². The predicted octanol–water partition coefficient (Wildman–Crippen LogP) is 3.18. The molecule has 1 heterocycles. The van der Waals surface area contributed by atoms with Crippen molar-refractivity contribution in [3.8, 4) is 0 Å². The summed E-state index contributed by atoms with van der Waals surface area (Å²) in [5.74, 6) is -0.336. The lowest BCUT2D eigenvalue weighted by atomic mass is 10.0. The van der Waals surface area contributed by atoms with Gasteiger partial charge in [-0.3, -0.25) is 4.98 Å². The molecule has 2 rings (SSSR count). The number of rotatable bonds is 3. The third-order valence-electron chi connectivity index (χ3n) is 2.55. The van der Waals surface area contributed by atoms with Crippen molar-refractivity contribution < 1.29 is 4.39 Å². The van der Waals surface area contributed by atoms with Gasteiger partial charge in [-0.25, -0.2) is 4.39 Å². The summed E-state index contributed by atoms with van der Waals surface area (Å²) in [7, 11) is 1.82. The zero-order chi connectivity index (χ0) is 12.3. The Kier molecular flexibility index (Phi) is 3.71. The number of hydrogen-bond donors (Lipinski definition) is 1. The van der Waals surface area contributed by atoms with Gasteiger partial charge in [0.1, 0.15) is 5.82 Å². The summed E-state index contributed by atoms with van der Waals surface area (Å²) in [5, 5.41) is 3.81. The summed E-state index contributed by atoms with van der Waals surface area (Å²) in [6.45, 7) is 0. The first-order chi connectivity index (χ1) is 8.20. The second-order valence-corrected chi connectivity index (χ2v) is 4.15. The van der Waals surface area contributed by atoms with Crippen LogP contribution in [-0.2, 0) is 0 Å². The van der Waals surface area contributed by atoms with E-state index in [1.807, 2.05) is 31.3 Å². The summed E-state index contributed by atoms with van der Waals surface area (Å²) in [4.78, 5) is 3.86. The molecular weight excluding hydrogens is 239 g/mol. The molecule has 1 unspecified atom stereocenters. The first-order valence-electron chi connectivity index (χ1n) is 5.24. The zero-order valence-electron chi connectivity index (χ0n) is 9.32. The number of nitrogens with zero attached hydrogens (tertiary/aromatic N) is 1. The van der Waals surface area contributed by atoms with Gasteiger partial charge >= 0.3 is 0 Å². The molecule has 0 saturated heterocycles. The van der Waals surface area contributed by atoms with Gasteiger partial charge in [-0.2, -0.15) is 0 Å². The molecule has 2 aromatic rings. The summed E-state index contributed by atoms with van der Waals surface area (Å²) in [6.07, 6.45) is 2.84. The molecule has 0 fully saturated rings. The highest BCUT2D eigenvalue weighted by molar-refractivity contribution is 6.30. The fraction of sp³-hybridized carbons (Fsp3) is 0.154. The number of hydrogen-bond acceptors (Lipinski definition) is 2. The fourth-order valence-electron chi connectivity index (χ4n) is 1.77. The molecule has 1 N–H and O–H groups in total. The minimum atomic E-state index is -0.336. The van der Waals surface area contributed by atoms with Crippen molar-refractivity contribution in [2.24, 2.45) is 0 Å². The molecule has 0 aliphatic carbocycles. The number of aromatic nitrogens is 1. The molecule has 88 valence electrons. The van der Waals surface area contributed by atoms with E-state index in [1.165, 1.54) is 12.3 Å². The molecule has 2 nitrogen and oxygen atoms in total. The van der Waals surface area contributed by atoms with Crippen molar-refractivity contribution in [1.82, 2.24) is 10.3 Å². The van der Waals surface area contributed by atoms with E-state index < -0.39 is 0 Å². The molecule has 0 aliphatic heterocycles. The third kappa shape index (κ3) is 2.81. The second kappa shape index (κ2) is 5.25. The minimum absolute atomic E-state index is 0.0875. The first kappa shape index (κ1) is 12.0. The summed E-state index contributed by atoms with van der Waals surface area (Å²) in [5.41, 5.74) is 1.80. The lowest BCUT2D eigenvalue weighted by Crippen LogP contribution is -2.17. The maximum atomic E-state index is 13.1. The fourth-order valence-corrected chi connectivity index (χ4v) is 1.89. The van der Waals surface area contributed by atoms with E-state index in [-0.39, 0.29) is 11.9 Å². The number of nitrogens with one attached hydrogen (secondary N) is 1. The van der Waals surface area contributed by atoms with Crippen LogP contribution in [0.25, 0.3) is 0 Å². The van der Waals surface area contributed by atoms with Gasteiger partial charge < -0.3 is 5.32 Å². The summed E-state index contributed by atoms with van der Waals surface area (Å²) < 4.78 is 13.1. The van der Waals surface area contributed by atoms with Gasteiger partial charge in [0, 0.05) is 11.2 Å². The molecule has 0 radical (unpaired) electrons. The largest absolute Gasteiger partial charge is 0.309 e. The standard InChI is InChI=1S/C13H12ClFN2/c1-16-13(9-2-4-11(14)5-3-9)10-6-12(15)8-17-7-10/h2-8,13,16H,1H3. The van der Waals surface area contributed by atoms with Crippen LogP contribution in [0.5, 0.6) is 0 Å². The van der Waals surface area contributed by atoms with Crippen molar-refractivity contribution in [2.45, 2.75) is 6.04 Å². The quantitative estimate of drug-likeness (QED) is 0.905. The van der Waals surface area contributed by atoms with Crippen LogP contribution in [0.2, 0.25) is 5.02 Å². The molecule has 4 heteroatoms. The lowest BCUT2D eigenvalue weighted by Gasteiger charge is -2.16. The second-order valence-electron chi connectivity index (χ2n) is 3.71. The Labute approximate surface area is 104 Å². The van der Waals surface area contributed by atoms with Gasteiger partial charge in [0.15, 0.2) is 0 Å². The molecule has 0 amide bonds. The smallest absolute Gasteiger partial charge is 0.141 e. The molecule has 0 saturated carbocycles. The molecule has 1 atom stereocenters. The maximum absolute atomic E-state index is 13.1. The Morgan fingerprint density at radius 1 is 1.18 bits per heavy atom. The number of benzene rings is 1. The first-order valence-corrected chi connectivity index (χ1v) is 5.61. The van der Waals surface area contributed by atoms with Crippen molar-refractivity contribution in [1.29, 1.82) is 0 Å². The van der Waals surface area contributed by atoms with Crippen LogP contribution < -0.4 is 5.32 Å². The van der Waals surface area contributed by atoms with Crippen LogP contribution in [-0.4, -0.2) is 12.0 Å². The van der Waals surface area contributed by atoms with Crippen molar-refractivity contribution in [2.75, 3.05) is 7.05 Å². The Morgan fingerprint density at radius 3 is 2.47 bits per heavy atom. The highest BCUT2D eigenvalue weighted by atomic mass is 35.5. The summed E-state index contributed by atoms with van der Waals surface area (Å²) >= 11 is 5.84. The molecule has 1 aromatic heterocycles. The van der Waals surface area contributed by atoms with Gasteiger partial charge in [-0.1, -0.05) is 23.7 Å². The van der Waals surface area contributed by atoms with Crippen LogP contribution in [0, 0.1) is 5.82 Å². The van der Waals surface area contributed by atoms with Gasteiger partial charge in [-0.15, -0.1) is 0 Å². The topological polar surface area (TPSA) is 24.9 Å². The van der Waals surface area contributed by atoms with Gasteiger partial charge in [0.05, 0.1) is 12.2 Å². The Bertz CT molecular complexity index is 499. The van der Waals surface area contributed by atoms with Gasteiger partial charge in [0.2, 0.25) is 0 Å². The average molecular weight is 251 g/mol. The monoisotopic (exact) mass is 250 g/mol. The van der Waals surface area contributed by atoms with E-state index in [0.717, 1.165) is 11.1 Å². The SMILES string of the molecule is CNC(c1ccc(Cl)cc1)c1cncc(F)c1. The van der Waals surface area contributed by atoms with Crippen LogP contribution >= 0.6 is 11.6 Å². The third-order valence-corrected chi connectivity index (χ3v) is 2.80. The van der Waals surface area contributed by atoms with Gasteiger partial charge in [-0.05, 0) is 36.4 Å². The number of pyridine rings is 1. The Morgan fingerprint density at radius 2 is 1.88 bits per heavy atom. The van der Waals surface area contributed by atoms with E-state index in [9.17, 15) is 4.39 Å². The molecule has 0 bridgehead atoms. The summed E-state index contributed by atoms with van der Waals surface area (Å²) in [6, 6.07) is 8.84. The van der Waals surface area contributed by atoms with Crippen molar-refractivity contribution in [3.63, 3.8) is 0 Å². The minimum Gasteiger partial charge on any atom is -0.309 e. The van der Waals surface area contributed by atoms with Gasteiger partial charge in [0.25, 0.3) is 0 Å². The molecule has 1 aromatic carbocycles. The van der Waals surface area contributed by atoms with Crippen molar-refractivity contribution >= 4 is 11.6 Å². The average Bonchev–Trinajstić information content (AvgIpc) is 2.33. The molecular formula is C13H12ClFN2. The molecule has 0 aliphatic rings. The Balaban J connectivity index is 2.36. The number of halogens is 2. The highest BCUT2D eigenvalue weighted by Crippen LogP contribution is 2.22. The van der Waals surface area contributed by atoms with Crippen LogP contribution in [0.3, 0.4) is 0 Å².